The molecule has 158 valence electrons. The molecule has 3 aromatic rings. The number of aliphatic carboxylic acids is 1. The van der Waals surface area contributed by atoms with Crippen LogP contribution in [0, 0.1) is 20.8 Å². The van der Waals surface area contributed by atoms with Crippen molar-refractivity contribution in [3.63, 3.8) is 0 Å². The van der Waals surface area contributed by atoms with Gasteiger partial charge in [0.25, 0.3) is 0 Å². The quantitative estimate of drug-likeness (QED) is 0.542. The van der Waals surface area contributed by atoms with Gasteiger partial charge in [-0.2, -0.15) is 0 Å². The summed E-state index contributed by atoms with van der Waals surface area (Å²) in [5.41, 5.74) is 4.57. The number of benzene rings is 2. The van der Waals surface area contributed by atoms with Gasteiger partial charge in [0, 0.05) is 18.6 Å². The van der Waals surface area contributed by atoms with Gasteiger partial charge >= 0.3 is 5.97 Å². The lowest BCUT2D eigenvalue weighted by molar-refractivity contribution is -0.149. The van der Waals surface area contributed by atoms with E-state index >= 15 is 0 Å². The highest BCUT2D eigenvalue weighted by atomic mass is 16.5. The van der Waals surface area contributed by atoms with Crippen molar-refractivity contribution < 1.29 is 23.8 Å². The number of nitrogens with zero attached hydrogens (tertiary/aromatic N) is 1. The summed E-state index contributed by atoms with van der Waals surface area (Å²) in [6.45, 7) is 8.22. The van der Waals surface area contributed by atoms with E-state index in [2.05, 4.69) is 4.98 Å². The van der Waals surface area contributed by atoms with Crippen LogP contribution in [0.2, 0.25) is 0 Å². The zero-order valence-corrected chi connectivity index (χ0v) is 17.8. The molecular formula is C24H27NO5. The van der Waals surface area contributed by atoms with Crippen LogP contribution in [-0.2, 0) is 22.6 Å². The van der Waals surface area contributed by atoms with Gasteiger partial charge in [-0.3, -0.25) is 0 Å². The van der Waals surface area contributed by atoms with E-state index in [1.54, 1.807) is 6.92 Å². The van der Waals surface area contributed by atoms with E-state index in [-0.39, 0.29) is 6.61 Å². The van der Waals surface area contributed by atoms with Crippen LogP contribution < -0.4 is 4.74 Å². The maximum absolute atomic E-state index is 11.4. The van der Waals surface area contributed by atoms with Crippen molar-refractivity contribution in [1.29, 1.82) is 0 Å². The molecule has 2 aromatic carbocycles. The number of ether oxygens (including phenoxy) is 2. The van der Waals surface area contributed by atoms with Gasteiger partial charge < -0.3 is 19.0 Å². The van der Waals surface area contributed by atoms with Crippen LogP contribution in [0.15, 0.2) is 46.9 Å². The SMILES string of the molecule is CCOC(Cc1c(C)cc(OCc2nc(-c3ccccc3)oc2C)cc1C)C(=O)O. The fourth-order valence-electron chi connectivity index (χ4n) is 3.38. The average Bonchev–Trinajstić information content (AvgIpc) is 3.09. The van der Waals surface area contributed by atoms with Crippen molar-refractivity contribution in [2.24, 2.45) is 0 Å². The minimum Gasteiger partial charge on any atom is -0.487 e. The fraction of sp³-hybridized carbons (Fsp3) is 0.333. The molecule has 30 heavy (non-hydrogen) atoms. The number of aromatic nitrogens is 1. The Balaban J connectivity index is 1.72. The van der Waals surface area contributed by atoms with Crippen molar-refractivity contribution in [1.82, 2.24) is 4.98 Å². The predicted octanol–water partition coefficient (Wildman–Crippen LogP) is 4.88. The van der Waals surface area contributed by atoms with Gasteiger partial charge in [0.15, 0.2) is 6.10 Å². The topological polar surface area (TPSA) is 81.8 Å². The lowest BCUT2D eigenvalue weighted by atomic mass is 9.97. The number of rotatable bonds is 9. The standard InChI is InChI=1S/C24H27NO5/c1-5-28-22(24(26)27)13-20-15(2)11-19(12-16(20)3)29-14-21-17(4)30-23(25-21)18-9-7-6-8-10-18/h6-12,22H,5,13-14H2,1-4H3,(H,26,27). The Kier molecular flexibility index (Phi) is 6.90. The van der Waals surface area contributed by atoms with E-state index < -0.39 is 12.1 Å². The molecule has 0 saturated heterocycles. The van der Waals surface area contributed by atoms with Crippen LogP contribution in [0.5, 0.6) is 5.75 Å². The zero-order chi connectivity index (χ0) is 21.7. The maximum atomic E-state index is 11.4. The first-order valence-corrected chi connectivity index (χ1v) is 9.98. The number of carboxylic acids is 1. The minimum atomic E-state index is -0.952. The van der Waals surface area contributed by atoms with Gasteiger partial charge in [-0.15, -0.1) is 0 Å². The molecule has 6 nitrogen and oxygen atoms in total. The van der Waals surface area contributed by atoms with Crippen LogP contribution in [0.1, 0.15) is 35.1 Å². The summed E-state index contributed by atoms with van der Waals surface area (Å²) >= 11 is 0. The molecule has 0 amide bonds. The van der Waals surface area contributed by atoms with Crippen LogP contribution in [-0.4, -0.2) is 28.8 Å². The molecule has 0 aliphatic heterocycles. The number of carboxylic acid groups (broad SMARTS) is 1. The summed E-state index contributed by atoms with van der Waals surface area (Å²) in [5, 5.41) is 9.36. The molecule has 3 rings (SSSR count). The second-order valence-electron chi connectivity index (χ2n) is 7.20. The lowest BCUT2D eigenvalue weighted by Gasteiger charge is -2.17. The Morgan fingerprint density at radius 3 is 2.40 bits per heavy atom. The Morgan fingerprint density at radius 2 is 1.80 bits per heavy atom. The molecule has 1 atom stereocenters. The van der Waals surface area contributed by atoms with Crippen LogP contribution in [0.4, 0.5) is 0 Å². The molecule has 0 aliphatic rings. The van der Waals surface area contributed by atoms with Gasteiger partial charge in [0.2, 0.25) is 5.89 Å². The summed E-state index contributed by atoms with van der Waals surface area (Å²) in [6.07, 6.45) is -0.530. The lowest BCUT2D eigenvalue weighted by Crippen LogP contribution is -2.27. The molecule has 1 heterocycles. The largest absolute Gasteiger partial charge is 0.487 e. The van der Waals surface area contributed by atoms with Gasteiger partial charge in [0.05, 0.1) is 0 Å². The molecule has 0 bridgehead atoms. The normalized spacial score (nSPS) is 12.0. The Morgan fingerprint density at radius 1 is 1.13 bits per heavy atom. The van der Waals surface area contributed by atoms with E-state index in [1.807, 2.05) is 63.2 Å². The molecule has 6 heteroatoms. The molecule has 0 fully saturated rings. The van der Waals surface area contributed by atoms with Crippen molar-refractivity contribution in [3.05, 3.63) is 70.6 Å². The second-order valence-corrected chi connectivity index (χ2v) is 7.20. The smallest absolute Gasteiger partial charge is 0.333 e. The van der Waals surface area contributed by atoms with Gasteiger partial charge in [-0.05, 0) is 68.7 Å². The molecule has 1 N–H and O–H groups in total. The number of hydrogen-bond donors (Lipinski definition) is 1. The molecular weight excluding hydrogens is 382 g/mol. The zero-order valence-electron chi connectivity index (χ0n) is 17.8. The van der Waals surface area contributed by atoms with E-state index in [4.69, 9.17) is 13.9 Å². The van der Waals surface area contributed by atoms with Gasteiger partial charge in [-0.25, -0.2) is 9.78 Å². The highest BCUT2D eigenvalue weighted by Crippen LogP contribution is 2.26. The van der Waals surface area contributed by atoms with Crippen molar-refractivity contribution in [3.8, 4) is 17.2 Å². The third-order valence-electron chi connectivity index (χ3n) is 4.99. The number of oxazole rings is 1. The van der Waals surface area contributed by atoms with Crippen molar-refractivity contribution >= 4 is 5.97 Å². The summed E-state index contributed by atoms with van der Waals surface area (Å²) in [5.74, 6) is 1.05. The molecule has 0 aliphatic carbocycles. The second kappa shape index (κ2) is 9.59. The van der Waals surface area contributed by atoms with Crippen molar-refractivity contribution in [2.45, 2.75) is 46.8 Å². The fourth-order valence-corrected chi connectivity index (χ4v) is 3.38. The summed E-state index contributed by atoms with van der Waals surface area (Å²) in [7, 11) is 0. The van der Waals surface area contributed by atoms with Crippen LogP contribution in [0.25, 0.3) is 11.5 Å². The van der Waals surface area contributed by atoms with Gasteiger partial charge in [-0.1, -0.05) is 18.2 Å². The Bertz CT molecular complexity index is 987. The van der Waals surface area contributed by atoms with E-state index in [0.717, 1.165) is 33.7 Å². The third-order valence-corrected chi connectivity index (χ3v) is 4.99. The summed E-state index contributed by atoms with van der Waals surface area (Å²) < 4.78 is 17.1. The molecule has 0 spiro atoms. The summed E-state index contributed by atoms with van der Waals surface area (Å²) in [6, 6.07) is 13.6. The average molecular weight is 409 g/mol. The number of carbonyl (C=O) groups is 1. The molecule has 0 radical (unpaired) electrons. The van der Waals surface area contributed by atoms with Crippen LogP contribution >= 0.6 is 0 Å². The minimum absolute atomic E-state index is 0.289. The Labute approximate surface area is 176 Å². The summed E-state index contributed by atoms with van der Waals surface area (Å²) in [4.78, 5) is 16.0. The van der Waals surface area contributed by atoms with Crippen molar-refractivity contribution in [2.75, 3.05) is 6.61 Å². The predicted molar refractivity (Wildman–Crippen MR) is 114 cm³/mol. The molecule has 0 saturated carbocycles. The third kappa shape index (κ3) is 5.07. The van der Waals surface area contributed by atoms with Gasteiger partial charge in [0.1, 0.15) is 23.8 Å². The number of aryl methyl sites for hydroxylation is 3. The Hall–Kier alpha value is -3.12. The van der Waals surface area contributed by atoms with E-state index in [0.29, 0.717) is 24.7 Å². The molecule has 1 unspecified atom stereocenters. The first-order chi connectivity index (χ1) is 14.4. The molecule has 1 aromatic heterocycles. The monoisotopic (exact) mass is 409 g/mol. The van der Waals surface area contributed by atoms with E-state index in [1.165, 1.54) is 0 Å². The first-order valence-electron chi connectivity index (χ1n) is 9.98. The number of hydrogen-bond acceptors (Lipinski definition) is 5. The van der Waals surface area contributed by atoms with E-state index in [9.17, 15) is 9.90 Å². The first kappa shape index (κ1) is 21.6. The highest BCUT2D eigenvalue weighted by Gasteiger charge is 2.20. The van der Waals surface area contributed by atoms with Crippen LogP contribution in [0.3, 0.4) is 0 Å². The highest BCUT2D eigenvalue weighted by molar-refractivity contribution is 5.73. The maximum Gasteiger partial charge on any atom is 0.333 e.